The minimum Gasteiger partial charge on any atom is -0.486 e. The third-order valence-corrected chi connectivity index (χ3v) is 5.65. The second-order valence-corrected chi connectivity index (χ2v) is 7.94. The molecule has 2 aromatic rings. The van der Waals surface area contributed by atoms with Gasteiger partial charge in [-0.15, -0.1) is 0 Å². The summed E-state index contributed by atoms with van der Waals surface area (Å²) in [5.74, 6) is 1.19. The minimum absolute atomic E-state index is 0.00591. The Morgan fingerprint density at radius 2 is 1.74 bits per heavy atom. The van der Waals surface area contributed by atoms with Gasteiger partial charge in [0.2, 0.25) is 10.0 Å². The molecule has 0 saturated carbocycles. The lowest BCUT2D eigenvalue weighted by atomic mass is 10.1. The van der Waals surface area contributed by atoms with Crippen LogP contribution in [0.5, 0.6) is 11.5 Å². The smallest absolute Gasteiger partial charge is 0.417 e. The summed E-state index contributed by atoms with van der Waals surface area (Å²) >= 11 is 5.52. The van der Waals surface area contributed by atoms with Gasteiger partial charge in [-0.05, 0) is 42.3 Å². The molecule has 0 spiro atoms. The topological polar surface area (TPSA) is 64.6 Å². The molecule has 1 N–H and O–H groups in total. The molecule has 0 bridgehead atoms. The molecule has 2 aromatic carbocycles. The van der Waals surface area contributed by atoms with E-state index in [2.05, 4.69) is 4.72 Å². The summed E-state index contributed by atoms with van der Waals surface area (Å²) in [4.78, 5) is -0.499. The fourth-order valence-corrected chi connectivity index (χ4v) is 3.83. The fraction of sp³-hybridized carbons (Fsp3) is 0.294. The summed E-state index contributed by atoms with van der Waals surface area (Å²) in [7, 11) is -4.11. The first-order chi connectivity index (χ1) is 12.7. The zero-order valence-electron chi connectivity index (χ0n) is 13.8. The van der Waals surface area contributed by atoms with Crippen LogP contribution in [-0.4, -0.2) is 28.2 Å². The zero-order chi connectivity index (χ0) is 19.7. The molecule has 0 aliphatic carbocycles. The molecule has 1 heterocycles. The Hall–Kier alpha value is -1.97. The molecule has 10 heteroatoms. The van der Waals surface area contributed by atoms with Gasteiger partial charge in [0.1, 0.15) is 13.2 Å². The second-order valence-electron chi connectivity index (χ2n) is 5.77. The van der Waals surface area contributed by atoms with E-state index in [9.17, 15) is 21.6 Å². The molecule has 0 aromatic heterocycles. The fourth-order valence-electron chi connectivity index (χ4n) is 2.55. The summed E-state index contributed by atoms with van der Waals surface area (Å²) in [5.41, 5.74) is -0.395. The van der Waals surface area contributed by atoms with Crippen LogP contribution in [0.4, 0.5) is 13.2 Å². The van der Waals surface area contributed by atoms with Gasteiger partial charge in [0.15, 0.2) is 11.5 Å². The van der Waals surface area contributed by atoms with E-state index in [1.165, 1.54) is 0 Å². The molecule has 3 rings (SSSR count). The number of sulfonamides is 1. The van der Waals surface area contributed by atoms with E-state index in [1.54, 1.807) is 18.2 Å². The molecule has 146 valence electrons. The van der Waals surface area contributed by atoms with Crippen LogP contribution in [-0.2, 0) is 22.6 Å². The molecule has 5 nitrogen and oxygen atoms in total. The van der Waals surface area contributed by atoms with Crippen molar-refractivity contribution in [3.63, 3.8) is 0 Å². The van der Waals surface area contributed by atoms with Crippen molar-refractivity contribution in [1.82, 2.24) is 4.72 Å². The Morgan fingerprint density at radius 1 is 1.04 bits per heavy atom. The number of benzene rings is 2. The Labute approximate surface area is 159 Å². The highest BCUT2D eigenvalue weighted by molar-refractivity contribution is 7.89. The number of halogens is 4. The van der Waals surface area contributed by atoms with Gasteiger partial charge in [0.05, 0.1) is 15.5 Å². The molecule has 0 atom stereocenters. The Kier molecular flexibility index (Phi) is 5.55. The molecule has 0 unspecified atom stereocenters. The molecule has 0 radical (unpaired) electrons. The summed E-state index contributed by atoms with van der Waals surface area (Å²) in [6, 6.07) is 7.71. The van der Waals surface area contributed by atoms with E-state index in [-0.39, 0.29) is 6.54 Å². The highest BCUT2D eigenvalue weighted by Crippen LogP contribution is 2.36. The van der Waals surface area contributed by atoms with Gasteiger partial charge in [0.25, 0.3) is 0 Å². The third kappa shape index (κ3) is 4.66. The summed E-state index contributed by atoms with van der Waals surface area (Å²) in [6.45, 7) is 0.903. The van der Waals surface area contributed by atoms with Crippen LogP contribution in [0, 0.1) is 0 Å². The molecule has 0 saturated heterocycles. The number of hydrogen-bond acceptors (Lipinski definition) is 4. The van der Waals surface area contributed by atoms with Gasteiger partial charge in [-0.1, -0.05) is 17.7 Å². The number of fused-ring (bicyclic) bond motifs is 1. The van der Waals surface area contributed by atoms with E-state index in [0.29, 0.717) is 37.2 Å². The molecule has 0 fully saturated rings. The maximum absolute atomic E-state index is 12.9. The first kappa shape index (κ1) is 19.8. The highest BCUT2D eigenvalue weighted by atomic mass is 35.5. The van der Waals surface area contributed by atoms with Crippen LogP contribution in [0.2, 0.25) is 5.02 Å². The monoisotopic (exact) mass is 421 g/mol. The number of rotatable bonds is 5. The van der Waals surface area contributed by atoms with Crippen LogP contribution in [0.3, 0.4) is 0 Å². The molecule has 0 amide bonds. The Morgan fingerprint density at radius 3 is 2.44 bits per heavy atom. The van der Waals surface area contributed by atoms with Crippen molar-refractivity contribution in [3.8, 4) is 11.5 Å². The quantitative estimate of drug-likeness (QED) is 0.800. The lowest BCUT2D eigenvalue weighted by Gasteiger charge is -2.19. The molecule has 1 aliphatic rings. The van der Waals surface area contributed by atoms with E-state index >= 15 is 0 Å². The second kappa shape index (κ2) is 7.57. The van der Waals surface area contributed by atoms with Gasteiger partial charge in [0, 0.05) is 6.54 Å². The van der Waals surface area contributed by atoms with Gasteiger partial charge < -0.3 is 9.47 Å². The van der Waals surface area contributed by atoms with E-state index in [1.807, 2.05) is 0 Å². The van der Waals surface area contributed by atoms with Gasteiger partial charge in [-0.25, -0.2) is 13.1 Å². The van der Waals surface area contributed by atoms with Crippen LogP contribution in [0.15, 0.2) is 41.3 Å². The molecular formula is C17H15ClF3NO4S. The number of alkyl halides is 3. The molecule has 27 heavy (non-hydrogen) atoms. The van der Waals surface area contributed by atoms with Crippen molar-refractivity contribution < 1.29 is 31.1 Å². The van der Waals surface area contributed by atoms with Crippen molar-refractivity contribution in [2.75, 3.05) is 19.8 Å². The Balaban J connectivity index is 1.69. The average molecular weight is 422 g/mol. The van der Waals surface area contributed by atoms with Gasteiger partial charge in [-0.2, -0.15) is 13.2 Å². The standard InChI is InChI=1S/C17H15ClF3NO4S/c18-14-3-2-12(10-13(14)17(19,20)21)27(23,24)22-6-5-11-1-4-15-16(9-11)26-8-7-25-15/h1-4,9-10,22H,5-8H2. The van der Waals surface area contributed by atoms with Crippen LogP contribution in [0.25, 0.3) is 0 Å². The average Bonchev–Trinajstić information content (AvgIpc) is 2.60. The number of hydrogen-bond donors (Lipinski definition) is 1. The minimum atomic E-state index is -4.74. The summed E-state index contributed by atoms with van der Waals surface area (Å²) in [5, 5.41) is -0.558. The summed E-state index contributed by atoms with van der Waals surface area (Å²) < 4.78 is 76.4. The van der Waals surface area contributed by atoms with Crippen molar-refractivity contribution >= 4 is 21.6 Å². The Bertz CT molecular complexity index is 948. The normalized spacial score (nSPS) is 14.2. The predicted molar refractivity (Wildman–Crippen MR) is 92.8 cm³/mol. The maximum Gasteiger partial charge on any atom is 0.417 e. The lowest BCUT2D eigenvalue weighted by Crippen LogP contribution is -2.26. The predicted octanol–water partition coefficient (Wildman–Crippen LogP) is 3.65. The van der Waals surface area contributed by atoms with Crippen molar-refractivity contribution in [2.45, 2.75) is 17.5 Å². The SMILES string of the molecule is O=S(=O)(NCCc1ccc2c(c1)OCCO2)c1ccc(Cl)c(C(F)(F)F)c1. The largest absolute Gasteiger partial charge is 0.486 e. The van der Waals surface area contributed by atoms with E-state index in [4.69, 9.17) is 21.1 Å². The van der Waals surface area contributed by atoms with Crippen molar-refractivity contribution in [1.29, 1.82) is 0 Å². The van der Waals surface area contributed by atoms with E-state index in [0.717, 1.165) is 17.7 Å². The van der Waals surface area contributed by atoms with Crippen molar-refractivity contribution in [3.05, 3.63) is 52.5 Å². The van der Waals surface area contributed by atoms with Crippen LogP contribution >= 0.6 is 11.6 Å². The molecule has 1 aliphatic heterocycles. The number of nitrogens with one attached hydrogen (secondary N) is 1. The number of ether oxygens (including phenoxy) is 2. The van der Waals surface area contributed by atoms with Crippen molar-refractivity contribution in [2.24, 2.45) is 0 Å². The first-order valence-corrected chi connectivity index (χ1v) is 9.78. The maximum atomic E-state index is 12.9. The zero-order valence-corrected chi connectivity index (χ0v) is 15.4. The van der Waals surface area contributed by atoms with E-state index < -0.39 is 31.7 Å². The lowest BCUT2D eigenvalue weighted by molar-refractivity contribution is -0.137. The first-order valence-electron chi connectivity index (χ1n) is 7.92. The third-order valence-electron chi connectivity index (χ3n) is 3.87. The van der Waals surface area contributed by atoms with Gasteiger partial charge >= 0.3 is 6.18 Å². The van der Waals surface area contributed by atoms with Crippen LogP contribution in [0.1, 0.15) is 11.1 Å². The van der Waals surface area contributed by atoms with Crippen LogP contribution < -0.4 is 14.2 Å². The molecular weight excluding hydrogens is 407 g/mol. The summed E-state index contributed by atoms with van der Waals surface area (Å²) in [6.07, 6.45) is -4.41. The van der Waals surface area contributed by atoms with Gasteiger partial charge in [-0.3, -0.25) is 0 Å². The highest BCUT2D eigenvalue weighted by Gasteiger charge is 2.34.